The molecular formula is C18H18F3N5O3. The number of anilines is 1. The molecule has 29 heavy (non-hydrogen) atoms. The molecule has 154 valence electrons. The van der Waals surface area contributed by atoms with Gasteiger partial charge < -0.3 is 20.1 Å². The van der Waals surface area contributed by atoms with Gasteiger partial charge in [0.25, 0.3) is 5.91 Å². The maximum atomic E-state index is 12.4. The number of morpholine rings is 1. The van der Waals surface area contributed by atoms with Crippen LogP contribution in [-0.2, 0) is 9.53 Å². The molecule has 0 radical (unpaired) electrons. The van der Waals surface area contributed by atoms with Gasteiger partial charge in [0.15, 0.2) is 12.2 Å². The van der Waals surface area contributed by atoms with E-state index in [1.54, 1.807) is 19.1 Å². The molecule has 2 heterocycles. The second-order valence-electron chi connectivity index (χ2n) is 6.64. The zero-order valence-corrected chi connectivity index (χ0v) is 15.3. The van der Waals surface area contributed by atoms with Crippen LogP contribution in [0.15, 0.2) is 24.5 Å². The van der Waals surface area contributed by atoms with Crippen molar-refractivity contribution in [1.82, 2.24) is 15.3 Å². The molecule has 3 rings (SSSR count). The summed E-state index contributed by atoms with van der Waals surface area (Å²) in [5.74, 6) is -0.756. The monoisotopic (exact) mass is 409 g/mol. The number of hydrogen-bond donors (Lipinski definition) is 2. The number of halogens is 3. The second kappa shape index (κ2) is 8.18. The third kappa shape index (κ3) is 4.55. The summed E-state index contributed by atoms with van der Waals surface area (Å²) < 4.78 is 42.8. The molecule has 1 aliphatic heterocycles. The lowest BCUT2D eigenvalue weighted by Gasteiger charge is -2.37. The van der Waals surface area contributed by atoms with E-state index in [4.69, 9.17) is 9.84 Å². The molecule has 11 heteroatoms. The number of nitrogens with zero attached hydrogens (tertiary/aromatic N) is 4. The number of alkyl halides is 3. The highest BCUT2D eigenvalue weighted by Gasteiger charge is 2.39. The third-order valence-electron chi connectivity index (χ3n) is 4.47. The Morgan fingerprint density at radius 2 is 2.07 bits per heavy atom. The van der Waals surface area contributed by atoms with Crippen LogP contribution < -0.4 is 10.2 Å². The number of ether oxygens (including phenoxy) is 1. The summed E-state index contributed by atoms with van der Waals surface area (Å²) in [7, 11) is 0. The zero-order chi connectivity index (χ0) is 21.2. The second-order valence-corrected chi connectivity index (χ2v) is 6.64. The molecule has 1 fully saturated rings. The van der Waals surface area contributed by atoms with Gasteiger partial charge in [-0.05, 0) is 19.1 Å². The number of carbonyl (C=O) groups is 1. The summed E-state index contributed by atoms with van der Waals surface area (Å²) in [6, 6.07) is 5.34. The molecule has 0 spiro atoms. The van der Waals surface area contributed by atoms with Crippen LogP contribution >= 0.6 is 0 Å². The smallest absolute Gasteiger partial charge is 0.382 e. The van der Waals surface area contributed by atoms with Crippen molar-refractivity contribution in [2.45, 2.75) is 31.4 Å². The average Bonchev–Trinajstić information content (AvgIpc) is 2.69. The molecule has 1 aliphatic rings. The molecule has 0 bridgehead atoms. The molecule has 0 aliphatic carbocycles. The van der Waals surface area contributed by atoms with Gasteiger partial charge >= 0.3 is 6.18 Å². The lowest BCUT2D eigenvalue weighted by molar-refractivity contribution is -0.202. The van der Waals surface area contributed by atoms with Gasteiger partial charge in [-0.2, -0.15) is 18.4 Å². The number of aromatic nitrogens is 2. The van der Waals surface area contributed by atoms with Gasteiger partial charge in [-0.15, -0.1) is 0 Å². The van der Waals surface area contributed by atoms with Gasteiger partial charge in [-0.3, -0.25) is 14.8 Å². The Morgan fingerprint density at radius 3 is 2.72 bits per heavy atom. The standard InChI is InChI=1S/C18H18F3N5O3/c1-10-8-26(9-13(29-10)17(28)25-7-14(27)18(19,20)21)12-3-2-11(6-22)15-16(12)24-5-4-23-15/h2-5,10,13-14,27H,7-9H2,1H3,(H,25,28)/t10?,13-,14?/m1/s1. The Kier molecular flexibility index (Phi) is 5.86. The summed E-state index contributed by atoms with van der Waals surface area (Å²) in [4.78, 5) is 22.6. The summed E-state index contributed by atoms with van der Waals surface area (Å²) in [5.41, 5.74) is 1.89. The van der Waals surface area contributed by atoms with Crippen molar-refractivity contribution < 1.29 is 27.8 Å². The molecule has 1 saturated heterocycles. The van der Waals surface area contributed by atoms with E-state index in [0.29, 0.717) is 28.8 Å². The predicted molar refractivity (Wildman–Crippen MR) is 95.9 cm³/mol. The summed E-state index contributed by atoms with van der Waals surface area (Å²) in [6.45, 7) is 1.25. The van der Waals surface area contributed by atoms with Crippen molar-refractivity contribution in [3.8, 4) is 6.07 Å². The Bertz CT molecular complexity index is 946. The number of aliphatic hydroxyl groups excluding tert-OH is 1. The van der Waals surface area contributed by atoms with Crippen LogP contribution in [0.25, 0.3) is 11.0 Å². The number of amides is 1. The van der Waals surface area contributed by atoms with Crippen LogP contribution in [0.5, 0.6) is 0 Å². The number of carbonyl (C=O) groups excluding carboxylic acids is 1. The Hall–Kier alpha value is -2.97. The fraction of sp³-hybridized carbons (Fsp3) is 0.444. The number of rotatable bonds is 4. The molecule has 2 aromatic rings. The van der Waals surface area contributed by atoms with Crippen LogP contribution in [0, 0.1) is 11.3 Å². The predicted octanol–water partition coefficient (Wildman–Crippen LogP) is 1.13. The fourth-order valence-electron chi connectivity index (χ4n) is 3.11. The van der Waals surface area contributed by atoms with E-state index in [9.17, 15) is 23.2 Å². The first-order valence-electron chi connectivity index (χ1n) is 8.77. The minimum absolute atomic E-state index is 0.0653. The first-order chi connectivity index (χ1) is 13.7. The van der Waals surface area contributed by atoms with Crippen LogP contribution in [0.3, 0.4) is 0 Å². The molecule has 8 nitrogen and oxygen atoms in total. The van der Waals surface area contributed by atoms with Crippen molar-refractivity contribution in [2.75, 3.05) is 24.5 Å². The normalized spacial score (nSPS) is 20.9. The molecule has 1 aromatic heterocycles. The zero-order valence-electron chi connectivity index (χ0n) is 15.3. The SMILES string of the molecule is CC1CN(c2ccc(C#N)c3nccnc23)C[C@H](C(=O)NCC(O)C(F)(F)F)O1. The van der Waals surface area contributed by atoms with Gasteiger partial charge in [0.1, 0.15) is 17.1 Å². The Labute approximate surface area is 163 Å². The van der Waals surface area contributed by atoms with Gasteiger partial charge in [0, 0.05) is 18.9 Å². The van der Waals surface area contributed by atoms with E-state index in [2.05, 4.69) is 15.3 Å². The topological polar surface area (TPSA) is 111 Å². The highest BCUT2D eigenvalue weighted by atomic mass is 19.4. The van der Waals surface area contributed by atoms with Crippen molar-refractivity contribution in [3.05, 3.63) is 30.1 Å². The number of fused-ring (bicyclic) bond motifs is 1. The third-order valence-corrected chi connectivity index (χ3v) is 4.47. The Morgan fingerprint density at radius 1 is 1.38 bits per heavy atom. The molecular weight excluding hydrogens is 391 g/mol. The number of hydrogen-bond acceptors (Lipinski definition) is 7. The van der Waals surface area contributed by atoms with Crippen LogP contribution in [0.4, 0.5) is 18.9 Å². The Balaban J connectivity index is 1.80. The number of aliphatic hydroxyl groups is 1. The van der Waals surface area contributed by atoms with Crippen LogP contribution in [-0.4, -0.2) is 65.1 Å². The van der Waals surface area contributed by atoms with Crippen molar-refractivity contribution in [1.29, 1.82) is 5.26 Å². The highest BCUT2D eigenvalue weighted by molar-refractivity contribution is 5.92. The van der Waals surface area contributed by atoms with E-state index in [-0.39, 0.29) is 6.54 Å². The lowest BCUT2D eigenvalue weighted by atomic mass is 10.1. The minimum Gasteiger partial charge on any atom is -0.382 e. The summed E-state index contributed by atoms with van der Waals surface area (Å²) in [6.07, 6.45) is -5.95. The summed E-state index contributed by atoms with van der Waals surface area (Å²) in [5, 5.41) is 20.4. The van der Waals surface area contributed by atoms with Gasteiger partial charge in [-0.1, -0.05) is 0 Å². The van der Waals surface area contributed by atoms with Crippen molar-refractivity contribution in [3.63, 3.8) is 0 Å². The largest absolute Gasteiger partial charge is 0.416 e. The lowest BCUT2D eigenvalue weighted by Crippen LogP contribution is -2.54. The molecule has 1 aromatic carbocycles. The van der Waals surface area contributed by atoms with E-state index in [0.717, 1.165) is 0 Å². The van der Waals surface area contributed by atoms with Gasteiger partial charge in [-0.25, -0.2) is 0 Å². The van der Waals surface area contributed by atoms with Gasteiger partial charge in [0.05, 0.1) is 30.4 Å². The number of nitrogens with one attached hydrogen (secondary N) is 1. The molecule has 2 unspecified atom stereocenters. The van der Waals surface area contributed by atoms with Crippen LogP contribution in [0.2, 0.25) is 0 Å². The molecule has 2 N–H and O–H groups in total. The quantitative estimate of drug-likeness (QED) is 0.779. The number of benzene rings is 1. The maximum absolute atomic E-state index is 12.4. The molecule has 0 saturated carbocycles. The van der Waals surface area contributed by atoms with Gasteiger partial charge in [0.2, 0.25) is 0 Å². The molecule has 3 atom stereocenters. The van der Waals surface area contributed by atoms with Crippen molar-refractivity contribution >= 4 is 22.6 Å². The molecule has 1 amide bonds. The highest BCUT2D eigenvalue weighted by Crippen LogP contribution is 2.29. The maximum Gasteiger partial charge on any atom is 0.416 e. The first-order valence-corrected chi connectivity index (χ1v) is 8.77. The van der Waals surface area contributed by atoms with Crippen molar-refractivity contribution in [2.24, 2.45) is 0 Å². The van der Waals surface area contributed by atoms with E-state index in [1.165, 1.54) is 12.4 Å². The minimum atomic E-state index is -4.82. The van der Waals surface area contributed by atoms with Crippen LogP contribution in [0.1, 0.15) is 12.5 Å². The number of nitriles is 1. The van der Waals surface area contributed by atoms with E-state index >= 15 is 0 Å². The first kappa shape index (κ1) is 20.8. The summed E-state index contributed by atoms with van der Waals surface area (Å²) >= 11 is 0. The average molecular weight is 409 g/mol. The van der Waals surface area contributed by atoms with E-state index in [1.807, 2.05) is 11.0 Å². The fourth-order valence-corrected chi connectivity index (χ4v) is 3.11. The van der Waals surface area contributed by atoms with E-state index < -0.39 is 36.9 Å².